The Kier molecular flexibility index (Phi) is 4.75. The molecular weight excluding hydrogens is 294 g/mol. The van der Waals surface area contributed by atoms with Crippen LogP contribution in [0.25, 0.3) is 0 Å². The summed E-state index contributed by atoms with van der Waals surface area (Å²) < 4.78 is 1.52. The van der Waals surface area contributed by atoms with Crippen LogP contribution in [-0.2, 0) is 16.1 Å². The van der Waals surface area contributed by atoms with Crippen molar-refractivity contribution in [1.29, 1.82) is 0 Å². The summed E-state index contributed by atoms with van der Waals surface area (Å²) in [5.74, 6) is 0.0721. The van der Waals surface area contributed by atoms with Gasteiger partial charge in [-0.2, -0.15) is 0 Å². The molecule has 1 amide bonds. The zero-order valence-corrected chi connectivity index (χ0v) is 12.8. The van der Waals surface area contributed by atoms with E-state index in [0.29, 0.717) is 13.0 Å². The molecule has 7 nitrogen and oxygen atoms in total. The van der Waals surface area contributed by atoms with Crippen molar-refractivity contribution in [2.75, 3.05) is 4.90 Å². The molecule has 1 aromatic heterocycles. The van der Waals surface area contributed by atoms with Gasteiger partial charge in [-0.3, -0.25) is 9.59 Å². The molecule has 120 valence electrons. The predicted octanol–water partition coefficient (Wildman–Crippen LogP) is 1.61. The first kappa shape index (κ1) is 15.3. The molecule has 0 spiro atoms. The molecular formula is C16H19N5O2. The van der Waals surface area contributed by atoms with Crippen LogP contribution in [0.1, 0.15) is 32.1 Å². The number of Topliss-reactive ketones (excluding diaryl/α,β-unsaturated/α-hetero) is 1. The highest BCUT2D eigenvalue weighted by Crippen LogP contribution is 2.26. The van der Waals surface area contributed by atoms with E-state index in [-0.39, 0.29) is 24.2 Å². The highest BCUT2D eigenvalue weighted by atomic mass is 16.2. The number of nitrogens with zero attached hydrogens (tertiary/aromatic N) is 5. The number of anilines is 1. The molecule has 3 rings (SSSR count). The number of rotatable bonds is 5. The van der Waals surface area contributed by atoms with E-state index in [2.05, 4.69) is 15.5 Å². The van der Waals surface area contributed by atoms with Crippen LogP contribution in [0.15, 0.2) is 36.7 Å². The molecule has 7 heteroatoms. The van der Waals surface area contributed by atoms with E-state index >= 15 is 0 Å². The normalized spacial score (nSPS) is 17.9. The first-order chi connectivity index (χ1) is 11.3. The maximum atomic E-state index is 12.8. The number of hydrogen-bond acceptors (Lipinski definition) is 5. The average Bonchev–Trinajstić information content (AvgIpc) is 3.09. The number of ketones is 1. The van der Waals surface area contributed by atoms with Crippen molar-refractivity contribution in [1.82, 2.24) is 20.2 Å². The van der Waals surface area contributed by atoms with E-state index in [9.17, 15) is 9.59 Å². The third-order valence-electron chi connectivity index (χ3n) is 4.08. The zero-order valence-electron chi connectivity index (χ0n) is 12.8. The van der Waals surface area contributed by atoms with Gasteiger partial charge in [0.05, 0.1) is 12.6 Å². The summed E-state index contributed by atoms with van der Waals surface area (Å²) in [6.45, 7) is 0.399. The first-order valence-corrected chi connectivity index (χ1v) is 7.86. The third kappa shape index (κ3) is 3.61. The number of aryl methyl sites for hydroxylation is 1. The molecule has 1 fully saturated rings. The van der Waals surface area contributed by atoms with Gasteiger partial charge in [-0.1, -0.05) is 24.6 Å². The van der Waals surface area contributed by atoms with Crippen LogP contribution < -0.4 is 4.90 Å². The van der Waals surface area contributed by atoms with Crippen molar-refractivity contribution in [2.45, 2.75) is 44.7 Å². The monoisotopic (exact) mass is 313 g/mol. The number of benzene rings is 1. The Labute approximate surface area is 134 Å². The average molecular weight is 313 g/mol. The van der Waals surface area contributed by atoms with Gasteiger partial charge >= 0.3 is 0 Å². The number of para-hydroxylation sites is 1. The van der Waals surface area contributed by atoms with Gasteiger partial charge in [0, 0.05) is 18.5 Å². The van der Waals surface area contributed by atoms with Crippen LogP contribution in [0.4, 0.5) is 5.69 Å². The quantitative estimate of drug-likeness (QED) is 0.837. The second-order valence-electron chi connectivity index (χ2n) is 5.65. The summed E-state index contributed by atoms with van der Waals surface area (Å²) in [7, 11) is 0. The van der Waals surface area contributed by atoms with Gasteiger partial charge in [0.15, 0.2) is 5.78 Å². The van der Waals surface area contributed by atoms with Gasteiger partial charge in [0.25, 0.3) is 0 Å². The van der Waals surface area contributed by atoms with E-state index in [1.807, 2.05) is 30.3 Å². The lowest BCUT2D eigenvalue weighted by Gasteiger charge is -2.33. The lowest BCUT2D eigenvalue weighted by Crippen LogP contribution is -2.47. The summed E-state index contributed by atoms with van der Waals surface area (Å²) in [5.41, 5.74) is 0.773. The highest BCUT2D eigenvalue weighted by molar-refractivity contribution is 6.01. The fraction of sp³-hybridized carbons (Fsp3) is 0.438. The van der Waals surface area contributed by atoms with Crippen LogP contribution in [0, 0.1) is 0 Å². The second kappa shape index (κ2) is 7.13. The van der Waals surface area contributed by atoms with Gasteiger partial charge in [0.2, 0.25) is 5.91 Å². The largest absolute Gasteiger partial charge is 0.302 e. The molecule has 0 aliphatic heterocycles. The summed E-state index contributed by atoms with van der Waals surface area (Å²) in [5, 5.41) is 10.9. The van der Waals surface area contributed by atoms with Crippen LogP contribution in [0.2, 0.25) is 0 Å². The smallest absolute Gasteiger partial charge is 0.229 e. The highest BCUT2D eigenvalue weighted by Gasteiger charge is 2.32. The summed E-state index contributed by atoms with van der Waals surface area (Å²) in [6, 6.07) is 9.05. The molecule has 23 heavy (non-hydrogen) atoms. The Bertz CT molecular complexity index is 656. The number of carbonyl (C=O) groups excluding carboxylic acids is 2. The lowest BCUT2D eigenvalue weighted by molar-refractivity contribution is -0.126. The van der Waals surface area contributed by atoms with Crippen LogP contribution in [0.3, 0.4) is 0 Å². The van der Waals surface area contributed by atoms with Gasteiger partial charge in [0.1, 0.15) is 6.33 Å². The SMILES string of the molecule is O=C1CCCCC1N(C(=O)CCn1cnnn1)c1ccccc1. The molecule has 0 radical (unpaired) electrons. The number of aromatic nitrogens is 4. The van der Waals surface area contributed by atoms with E-state index < -0.39 is 0 Å². The van der Waals surface area contributed by atoms with Crippen molar-refractivity contribution in [3.63, 3.8) is 0 Å². The fourth-order valence-corrected chi connectivity index (χ4v) is 2.94. The standard InChI is InChI=1S/C16H19N5O2/c22-15-9-5-4-8-14(15)21(13-6-2-1-3-7-13)16(23)10-11-20-12-17-18-19-20/h1-3,6-7,12,14H,4-5,8-11H2. The molecule has 1 aliphatic carbocycles. The summed E-state index contributed by atoms with van der Waals surface area (Å²) in [4.78, 5) is 26.7. The Hall–Kier alpha value is -2.57. The molecule has 1 heterocycles. The topological polar surface area (TPSA) is 81.0 Å². The Balaban J connectivity index is 1.79. The zero-order chi connectivity index (χ0) is 16.1. The van der Waals surface area contributed by atoms with Crippen LogP contribution >= 0.6 is 0 Å². The molecule has 1 unspecified atom stereocenters. The summed E-state index contributed by atoms with van der Waals surface area (Å²) in [6.07, 6.45) is 4.89. The molecule has 2 aromatic rings. The van der Waals surface area contributed by atoms with E-state index in [1.165, 1.54) is 11.0 Å². The van der Waals surface area contributed by atoms with Gasteiger partial charge in [-0.05, 0) is 35.4 Å². The van der Waals surface area contributed by atoms with Crippen molar-refractivity contribution in [3.8, 4) is 0 Å². The molecule has 0 bridgehead atoms. The number of amides is 1. The van der Waals surface area contributed by atoms with Crippen molar-refractivity contribution in [3.05, 3.63) is 36.7 Å². The number of hydrogen-bond donors (Lipinski definition) is 0. The maximum Gasteiger partial charge on any atom is 0.229 e. The molecule has 1 saturated carbocycles. The Morgan fingerprint density at radius 2 is 2.09 bits per heavy atom. The van der Waals surface area contributed by atoms with Gasteiger partial charge in [-0.15, -0.1) is 5.10 Å². The van der Waals surface area contributed by atoms with Crippen LogP contribution in [0.5, 0.6) is 0 Å². The van der Waals surface area contributed by atoms with Crippen molar-refractivity contribution in [2.24, 2.45) is 0 Å². The summed E-state index contributed by atoms with van der Waals surface area (Å²) >= 11 is 0. The molecule has 1 aromatic carbocycles. The van der Waals surface area contributed by atoms with E-state index in [1.54, 1.807) is 4.90 Å². The van der Waals surface area contributed by atoms with Gasteiger partial charge < -0.3 is 4.90 Å². The Morgan fingerprint density at radius 1 is 1.26 bits per heavy atom. The minimum absolute atomic E-state index is 0.0769. The molecule has 0 saturated heterocycles. The first-order valence-electron chi connectivity index (χ1n) is 7.86. The minimum Gasteiger partial charge on any atom is -0.302 e. The molecule has 1 atom stereocenters. The van der Waals surface area contributed by atoms with Gasteiger partial charge in [-0.25, -0.2) is 4.68 Å². The van der Waals surface area contributed by atoms with Crippen LogP contribution in [-0.4, -0.2) is 37.9 Å². The maximum absolute atomic E-state index is 12.8. The third-order valence-corrected chi connectivity index (χ3v) is 4.08. The number of carbonyl (C=O) groups is 2. The predicted molar refractivity (Wildman–Crippen MR) is 83.6 cm³/mol. The van der Waals surface area contributed by atoms with E-state index in [4.69, 9.17) is 0 Å². The number of tetrazole rings is 1. The van der Waals surface area contributed by atoms with Crippen molar-refractivity contribution >= 4 is 17.4 Å². The van der Waals surface area contributed by atoms with Crippen molar-refractivity contribution < 1.29 is 9.59 Å². The second-order valence-corrected chi connectivity index (χ2v) is 5.65. The fourth-order valence-electron chi connectivity index (χ4n) is 2.94. The Morgan fingerprint density at radius 3 is 2.78 bits per heavy atom. The lowest BCUT2D eigenvalue weighted by atomic mass is 9.92. The molecule has 1 aliphatic rings. The van der Waals surface area contributed by atoms with E-state index in [0.717, 1.165) is 24.9 Å². The minimum atomic E-state index is -0.354. The molecule has 0 N–H and O–H groups in total.